The van der Waals surface area contributed by atoms with Gasteiger partial charge in [0, 0.05) is 30.4 Å². The van der Waals surface area contributed by atoms with Crippen LogP contribution >= 0.6 is 0 Å². The Labute approximate surface area is 109 Å². The Balaban J connectivity index is 1.63. The fraction of sp³-hybridized carbons (Fsp3) is 0.154. The van der Waals surface area contributed by atoms with Gasteiger partial charge in [0.25, 0.3) is 5.91 Å². The number of carbonyl (C=O) groups excluding carboxylic acids is 1. The van der Waals surface area contributed by atoms with Crippen LogP contribution in [0.15, 0.2) is 36.8 Å². The number of benzene rings is 1. The number of aromatic nitrogens is 4. The van der Waals surface area contributed by atoms with Gasteiger partial charge in [0.05, 0.1) is 17.4 Å². The number of nitrogens with zero attached hydrogens (tertiary/aromatic N) is 2. The summed E-state index contributed by atoms with van der Waals surface area (Å²) < 4.78 is 0. The fourth-order valence-corrected chi connectivity index (χ4v) is 1.91. The van der Waals surface area contributed by atoms with Crippen molar-refractivity contribution in [1.82, 2.24) is 25.5 Å². The average Bonchev–Trinajstić information content (AvgIpc) is 3.08. The molecule has 1 aromatic carbocycles. The number of nitrogens with one attached hydrogen (secondary N) is 3. The first-order valence-corrected chi connectivity index (χ1v) is 6.02. The predicted octanol–water partition coefficient (Wildman–Crippen LogP) is 1.26. The number of amides is 1. The Morgan fingerprint density at radius 3 is 3.11 bits per heavy atom. The van der Waals surface area contributed by atoms with Crippen LogP contribution in [0, 0.1) is 0 Å². The fourth-order valence-electron chi connectivity index (χ4n) is 1.91. The molecule has 0 saturated heterocycles. The Morgan fingerprint density at radius 2 is 2.26 bits per heavy atom. The molecule has 6 nitrogen and oxygen atoms in total. The molecule has 0 unspecified atom stereocenters. The van der Waals surface area contributed by atoms with Crippen molar-refractivity contribution < 1.29 is 4.79 Å². The van der Waals surface area contributed by atoms with Crippen LogP contribution in [-0.4, -0.2) is 32.6 Å². The molecule has 0 fully saturated rings. The quantitative estimate of drug-likeness (QED) is 0.656. The molecule has 0 saturated carbocycles. The minimum atomic E-state index is -0.0870. The van der Waals surface area contributed by atoms with Gasteiger partial charge in [-0.3, -0.25) is 9.89 Å². The van der Waals surface area contributed by atoms with Crippen molar-refractivity contribution in [2.75, 3.05) is 6.54 Å². The van der Waals surface area contributed by atoms with Crippen LogP contribution in [0.3, 0.4) is 0 Å². The summed E-state index contributed by atoms with van der Waals surface area (Å²) in [5.74, 6) is -0.0870. The summed E-state index contributed by atoms with van der Waals surface area (Å²) in [4.78, 5) is 19.1. The van der Waals surface area contributed by atoms with Gasteiger partial charge in [-0.2, -0.15) is 5.10 Å². The maximum absolute atomic E-state index is 12.0. The van der Waals surface area contributed by atoms with Crippen LogP contribution in [0.2, 0.25) is 0 Å². The molecule has 1 amide bonds. The smallest absolute Gasteiger partial charge is 0.251 e. The van der Waals surface area contributed by atoms with Crippen molar-refractivity contribution >= 4 is 16.9 Å². The zero-order chi connectivity index (χ0) is 13.1. The van der Waals surface area contributed by atoms with Gasteiger partial charge in [-0.25, -0.2) is 4.98 Å². The van der Waals surface area contributed by atoms with E-state index >= 15 is 0 Å². The minimum absolute atomic E-state index is 0.0870. The highest BCUT2D eigenvalue weighted by Gasteiger charge is 2.06. The molecule has 0 spiro atoms. The Bertz CT molecular complexity index is 686. The molecule has 96 valence electrons. The van der Waals surface area contributed by atoms with Crippen LogP contribution < -0.4 is 5.32 Å². The second kappa shape index (κ2) is 4.93. The minimum Gasteiger partial charge on any atom is -0.352 e. The third-order valence-corrected chi connectivity index (χ3v) is 2.92. The van der Waals surface area contributed by atoms with Crippen molar-refractivity contribution in [2.45, 2.75) is 6.42 Å². The first-order valence-electron chi connectivity index (χ1n) is 6.02. The van der Waals surface area contributed by atoms with E-state index in [4.69, 9.17) is 0 Å². The second-order valence-corrected chi connectivity index (χ2v) is 4.22. The lowest BCUT2D eigenvalue weighted by molar-refractivity contribution is 0.0954. The van der Waals surface area contributed by atoms with Crippen LogP contribution in [0.1, 0.15) is 16.1 Å². The summed E-state index contributed by atoms with van der Waals surface area (Å²) >= 11 is 0. The average molecular weight is 255 g/mol. The van der Waals surface area contributed by atoms with Gasteiger partial charge in [-0.05, 0) is 24.3 Å². The summed E-state index contributed by atoms with van der Waals surface area (Å²) in [7, 11) is 0. The lowest BCUT2D eigenvalue weighted by atomic mass is 10.2. The number of fused-ring (bicyclic) bond motifs is 1. The van der Waals surface area contributed by atoms with Crippen LogP contribution in [0.25, 0.3) is 11.0 Å². The van der Waals surface area contributed by atoms with Crippen molar-refractivity contribution in [3.05, 3.63) is 48.0 Å². The van der Waals surface area contributed by atoms with Gasteiger partial charge < -0.3 is 10.3 Å². The normalized spacial score (nSPS) is 10.7. The highest BCUT2D eigenvalue weighted by molar-refractivity contribution is 5.97. The van der Waals surface area contributed by atoms with E-state index in [9.17, 15) is 4.79 Å². The topological polar surface area (TPSA) is 86.5 Å². The van der Waals surface area contributed by atoms with Gasteiger partial charge in [0.15, 0.2) is 0 Å². The number of hydrogen-bond acceptors (Lipinski definition) is 3. The molecule has 0 bridgehead atoms. The molecule has 3 aromatic rings. The van der Waals surface area contributed by atoms with Gasteiger partial charge in [0.1, 0.15) is 0 Å². The standard InChI is InChI=1S/C13H13N5O/c19-13(14-5-3-10-4-6-17-18-10)9-1-2-11-12(7-9)16-8-15-11/h1-2,4,6-8H,3,5H2,(H,14,19)(H,15,16)(H,17,18). The van der Waals surface area contributed by atoms with E-state index in [1.165, 1.54) is 0 Å². The number of aromatic amines is 2. The first-order chi connectivity index (χ1) is 9.33. The van der Waals surface area contributed by atoms with Crippen LogP contribution in [0.5, 0.6) is 0 Å². The second-order valence-electron chi connectivity index (χ2n) is 4.22. The van der Waals surface area contributed by atoms with E-state index in [0.29, 0.717) is 12.1 Å². The molecule has 0 aliphatic heterocycles. The van der Waals surface area contributed by atoms with Crippen molar-refractivity contribution in [2.24, 2.45) is 0 Å². The highest BCUT2D eigenvalue weighted by atomic mass is 16.1. The van der Waals surface area contributed by atoms with Crippen LogP contribution in [0.4, 0.5) is 0 Å². The maximum atomic E-state index is 12.0. The molecule has 3 rings (SSSR count). The molecule has 19 heavy (non-hydrogen) atoms. The highest BCUT2D eigenvalue weighted by Crippen LogP contribution is 2.11. The van der Waals surface area contributed by atoms with Crippen molar-refractivity contribution in [3.63, 3.8) is 0 Å². The van der Waals surface area contributed by atoms with Gasteiger partial charge in [-0.15, -0.1) is 0 Å². The van der Waals surface area contributed by atoms with Gasteiger partial charge in [0.2, 0.25) is 0 Å². The molecule has 0 radical (unpaired) electrons. The molecule has 3 N–H and O–H groups in total. The molecule has 0 aliphatic carbocycles. The Hall–Kier alpha value is -2.63. The number of hydrogen-bond donors (Lipinski definition) is 3. The lowest BCUT2D eigenvalue weighted by Crippen LogP contribution is -2.25. The monoisotopic (exact) mass is 255 g/mol. The number of carbonyl (C=O) groups is 1. The molecule has 0 atom stereocenters. The zero-order valence-corrected chi connectivity index (χ0v) is 10.2. The Kier molecular flexibility index (Phi) is 2.97. The maximum Gasteiger partial charge on any atom is 0.251 e. The lowest BCUT2D eigenvalue weighted by Gasteiger charge is -2.04. The molecule has 2 heterocycles. The SMILES string of the molecule is O=C(NCCc1ccn[nH]1)c1ccc2nc[nH]c2c1. The summed E-state index contributed by atoms with van der Waals surface area (Å²) in [5, 5.41) is 9.59. The van der Waals surface area contributed by atoms with E-state index in [0.717, 1.165) is 23.1 Å². The molecule has 2 aromatic heterocycles. The zero-order valence-electron chi connectivity index (χ0n) is 10.2. The van der Waals surface area contributed by atoms with Gasteiger partial charge in [-0.1, -0.05) is 0 Å². The molecular weight excluding hydrogens is 242 g/mol. The van der Waals surface area contributed by atoms with Crippen molar-refractivity contribution in [1.29, 1.82) is 0 Å². The van der Waals surface area contributed by atoms with Crippen molar-refractivity contribution in [3.8, 4) is 0 Å². The van der Waals surface area contributed by atoms with Gasteiger partial charge >= 0.3 is 0 Å². The van der Waals surface area contributed by atoms with E-state index in [-0.39, 0.29) is 5.91 Å². The number of rotatable bonds is 4. The molecular formula is C13H13N5O. The predicted molar refractivity (Wildman–Crippen MR) is 70.7 cm³/mol. The largest absolute Gasteiger partial charge is 0.352 e. The molecule has 6 heteroatoms. The van der Waals surface area contributed by atoms with Crippen LogP contribution in [-0.2, 0) is 6.42 Å². The number of H-pyrrole nitrogens is 2. The summed E-state index contributed by atoms with van der Waals surface area (Å²) in [6.07, 6.45) is 4.05. The summed E-state index contributed by atoms with van der Waals surface area (Å²) in [5.41, 5.74) is 3.35. The third-order valence-electron chi connectivity index (χ3n) is 2.92. The molecule has 0 aliphatic rings. The number of imidazole rings is 1. The van der Waals surface area contributed by atoms with E-state index in [2.05, 4.69) is 25.5 Å². The summed E-state index contributed by atoms with van der Waals surface area (Å²) in [6.45, 7) is 0.571. The van der Waals surface area contributed by atoms with E-state index < -0.39 is 0 Å². The third kappa shape index (κ3) is 2.47. The summed E-state index contributed by atoms with van der Waals surface area (Å²) in [6, 6.07) is 7.29. The first kappa shape index (κ1) is 11.5. The Morgan fingerprint density at radius 1 is 1.32 bits per heavy atom. The van der Waals surface area contributed by atoms with E-state index in [1.54, 1.807) is 24.7 Å². The van der Waals surface area contributed by atoms with E-state index in [1.807, 2.05) is 12.1 Å².